The van der Waals surface area contributed by atoms with E-state index in [2.05, 4.69) is 4.72 Å². The molecular formula is C17H28N2O3S. The SMILES string of the molecule is CC[C@H](NS(=O)c1c(C)cc(C)cc1C)[C@@H](C)C(=O)N(C)OC. The Hall–Kier alpha value is -1.24. The summed E-state index contributed by atoms with van der Waals surface area (Å²) in [5.41, 5.74) is 3.14. The molecule has 0 saturated carbocycles. The number of carbonyl (C=O) groups is 1. The summed E-state index contributed by atoms with van der Waals surface area (Å²) in [5.74, 6) is -0.471. The molecule has 0 bridgehead atoms. The minimum Gasteiger partial charge on any atom is -0.275 e. The monoisotopic (exact) mass is 340 g/mol. The van der Waals surface area contributed by atoms with Gasteiger partial charge in [-0.2, -0.15) is 0 Å². The van der Waals surface area contributed by atoms with E-state index in [1.807, 2.05) is 46.8 Å². The minimum atomic E-state index is -1.36. The smallest absolute Gasteiger partial charge is 0.250 e. The molecule has 3 atom stereocenters. The topological polar surface area (TPSA) is 58.6 Å². The second kappa shape index (κ2) is 8.57. The largest absolute Gasteiger partial charge is 0.275 e. The third-order valence-corrected chi connectivity index (χ3v) is 5.60. The summed E-state index contributed by atoms with van der Waals surface area (Å²) >= 11 is 0. The Morgan fingerprint density at radius 1 is 1.30 bits per heavy atom. The highest BCUT2D eigenvalue weighted by atomic mass is 32.2. The van der Waals surface area contributed by atoms with Crippen molar-refractivity contribution in [3.8, 4) is 0 Å². The number of hydrogen-bond donors (Lipinski definition) is 1. The zero-order valence-corrected chi connectivity index (χ0v) is 15.9. The second-order valence-corrected chi connectivity index (χ2v) is 7.12. The van der Waals surface area contributed by atoms with E-state index in [-0.39, 0.29) is 17.9 Å². The molecule has 0 heterocycles. The first-order chi connectivity index (χ1) is 10.7. The van der Waals surface area contributed by atoms with E-state index in [4.69, 9.17) is 4.84 Å². The lowest BCUT2D eigenvalue weighted by Gasteiger charge is -2.26. The van der Waals surface area contributed by atoms with Gasteiger partial charge in [0.1, 0.15) is 11.0 Å². The van der Waals surface area contributed by atoms with Crippen LogP contribution in [0.4, 0.5) is 0 Å². The molecule has 0 fully saturated rings. The highest BCUT2D eigenvalue weighted by molar-refractivity contribution is 7.83. The summed E-state index contributed by atoms with van der Waals surface area (Å²) in [5, 5.41) is 1.21. The summed E-state index contributed by atoms with van der Waals surface area (Å²) in [6.07, 6.45) is 0.695. The molecule has 1 amide bonds. The number of aryl methyl sites for hydroxylation is 3. The van der Waals surface area contributed by atoms with E-state index in [1.165, 1.54) is 12.2 Å². The Kier molecular flexibility index (Phi) is 7.38. The number of nitrogens with zero attached hydrogens (tertiary/aromatic N) is 1. The molecule has 1 aromatic rings. The molecule has 23 heavy (non-hydrogen) atoms. The third kappa shape index (κ3) is 4.86. The van der Waals surface area contributed by atoms with Gasteiger partial charge in [0.2, 0.25) is 5.91 Å². The summed E-state index contributed by atoms with van der Waals surface area (Å²) in [6, 6.07) is 3.85. The number of nitrogens with one attached hydrogen (secondary N) is 1. The van der Waals surface area contributed by atoms with Crippen LogP contribution in [0.15, 0.2) is 17.0 Å². The molecule has 1 unspecified atom stereocenters. The van der Waals surface area contributed by atoms with Crippen molar-refractivity contribution in [3.05, 3.63) is 28.8 Å². The van der Waals surface area contributed by atoms with Crippen molar-refractivity contribution in [2.75, 3.05) is 14.2 Å². The van der Waals surface area contributed by atoms with Gasteiger partial charge in [0.25, 0.3) is 0 Å². The standard InChI is InChI=1S/C17H28N2O3S/c1-8-15(14(5)17(20)19(6)22-7)18-23(21)16-12(3)9-11(2)10-13(16)4/h9-10,14-15,18H,8H2,1-7H3/t14-,15+,23?/m1/s1. The zero-order chi connectivity index (χ0) is 17.7. The summed E-state index contributed by atoms with van der Waals surface area (Å²) < 4.78 is 15.9. The molecule has 0 radical (unpaired) electrons. The van der Waals surface area contributed by atoms with Gasteiger partial charge in [-0.1, -0.05) is 31.5 Å². The average molecular weight is 340 g/mol. The third-order valence-electron chi connectivity index (χ3n) is 4.07. The molecule has 0 aliphatic heterocycles. The van der Waals surface area contributed by atoms with Gasteiger partial charge in [0.05, 0.1) is 17.9 Å². The molecule has 0 aromatic heterocycles. The van der Waals surface area contributed by atoms with Gasteiger partial charge in [-0.15, -0.1) is 0 Å². The Bertz CT molecular complexity index is 566. The van der Waals surface area contributed by atoms with Gasteiger partial charge in [0.15, 0.2) is 0 Å². The Balaban J connectivity index is 2.96. The van der Waals surface area contributed by atoms with Crippen LogP contribution in [0.25, 0.3) is 0 Å². The zero-order valence-electron chi connectivity index (χ0n) is 15.1. The average Bonchev–Trinajstić information content (AvgIpc) is 2.49. The molecule has 0 aliphatic rings. The van der Waals surface area contributed by atoms with Gasteiger partial charge in [-0.05, 0) is 38.3 Å². The maximum Gasteiger partial charge on any atom is 0.250 e. The number of benzene rings is 1. The van der Waals surface area contributed by atoms with Crippen LogP contribution < -0.4 is 4.72 Å². The summed E-state index contributed by atoms with van der Waals surface area (Å²) in [4.78, 5) is 18.0. The van der Waals surface area contributed by atoms with Gasteiger partial charge >= 0.3 is 0 Å². The predicted molar refractivity (Wildman–Crippen MR) is 93.2 cm³/mol. The molecule has 0 aliphatic carbocycles. The van der Waals surface area contributed by atoms with Crippen molar-refractivity contribution in [1.82, 2.24) is 9.79 Å². The van der Waals surface area contributed by atoms with E-state index < -0.39 is 11.0 Å². The summed E-state index contributed by atoms with van der Waals surface area (Å²) in [7, 11) is 1.68. The molecular weight excluding hydrogens is 312 g/mol. The fourth-order valence-electron chi connectivity index (χ4n) is 2.74. The van der Waals surface area contributed by atoms with E-state index >= 15 is 0 Å². The van der Waals surface area contributed by atoms with Crippen molar-refractivity contribution >= 4 is 16.9 Å². The van der Waals surface area contributed by atoms with Crippen molar-refractivity contribution in [2.45, 2.75) is 52.0 Å². The first-order valence-electron chi connectivity index (χ1n) is 7.80. The highest BCUT2D eigenvalue weighted by Gasteiger charge is 2.27. The first-order valence-corrected chi connectivity index (χ1v) is 8.95. The Morgan fingerprint density at radius 3 is 2.26 bits per heavy atom. The van der Waals surface area contributed by atoms with Crippen molar-refractivity contribution in [3.63, 3.8) is 0 Å². The minimum absolute atomic E-state index is 0.138. The molecule has 1 N–H and O–H groups in total. The maximum absolute atomic E-state index is 12.8. The summed E-state index contributed by atoms with van der Waals surface area (Å²) in [6.45, 7) is 9.74. The van der Waals surface area contributed by atoms with Crippen molar-refractivity contribution < 1.29 is 13.8 Å². The number of hydroxylamine groups is 2. The fourth-order valence-corrected chi connectivity index (χ4v) is 4.21. The van der Waals surface area contributed by atoms with Gasteiger partial charge in [-0.25, -0.2) is 14.0 Å². The second-order valence-electron chi connectivity index (χ2n) is 5.94. The van der Waals surface area contributed by atoms with Crippen molar-refractivity contribution in [1.29, 1.82) is 0 Å². The van der Waals surface area contributed by atoms with E-state index in [9.17, 15) is 9.00 Å². The van der Waals surface area contributed by atoms with Crippen LogP contribution >= 0.6 is 0 Å². The molecule has 5 nitrogen and oxygen atoms in total. The van der Waals surface area contributed by atoms with Crippen LogP contribution in [0.2, 0.25) is 0 Å². The lowest BCUT2D eigenvalue weighted by atomic mass is 10.00. The normalized spacial score (nSPS) is 15.1. The van der Waals surface area contributed by atoms with E-state index in [1.54, 1.807) is 7.05 Å². The number of rotatable bonds is 7. The van der Waals surface area contributed by atoms with Gasteiger partial charge in [-0.3, -0.25) is 9.63 Å². The van der Waals surface area contributed by atoms with Crippen LogP contribution in [0.5, 0.6) is 0 Å². The Labute approximate surface area is 141 Å². The molecule has 1 rings (SSSR count). The van der Waals surface area contributed by atoms with Gasteiger partial charge in [0, 0.05) is 13.1 Å². The van der Waals surface area contributed by atoms with Crippen LogP contribution in [0.1, 0.15) is 37.0 Å². The number of hydrogen-bond acceptors (Lipinski definition) is 3. The Morgan fingerprint density at radius 2 is 1.83 bits per heavy atom. The molecule has 6 heteroatoms. The van der Waals surface area contributed by atoms with E-state index in [0.717, 1.165) is 21.6 Å². The fraction of sp³-hybridized carbons (Fsp3) is 0.588. The highest BCUT2D eigenvalue weighted by Crippen LogP contribution is 2.21. The van der Waals surface area contributed by atoms with Crippen LogP contribution in [-0.2, 0) is 20.6 Å². The quantitative estimate of drug-likeness (QED) is 0.776. The first kappa shape index (κ1) is 19.8. The molecule has 0 spiro atoms. The van der Waals surface area contributed by atoms with Crippen LogP contribution in [-0.4, -0.2) is 35.4 Å². The number of amides is 1. The van der Waals surface area contributed by atoms with Crippen molar-refractivity contribution in [2.24, 2.45) is 5.92 Å². The maximum atomic E-state index is 12.8. The van der Waals surface area contributed by atoms with Gasteiger partial charge < -0.3 is 0 Å². The van der Waals surface area contributed by atoms with E-state index in [0.29, 0.717) is 6.42 Å². The number of carbonyl (C=O) groups excluding carboxylic acids is 1. The molecule has 0 saturated heterocycles. The van der Waals surface area contributed by atoms with Crippen LogP contribution in [0.3, 0.4) is 0 Å². The lowest BCUT2D eigenvalue weighted by Crippen LogP contribution is -2.44. The molecule has 130 valence electrons. The van der Waals surface area contributed by atoms with Crippen LogP contribution in [0, 0.1) is 26.7 Å². The lowest BCUT2D eigenvalue weighted by molar-refractivity contribution is -0.173. The predicted octanol–water partition coefficient (Wildman–Crippen LogP) is 2.66. The molecule has 1 aromatic carbocycles.